The third-order valence-electron chi connectivity index (χ3n) is 1.87. The van der Waals surface area contributed by atoms with Crippen molar-refractivity contribution >= 4 is 30.8 Å². The highest BCUT2D eigenvalue weighted by Gasteiger charge is 2.01. The van der Waals surface area contributed by atoms with E-state index in [0.717, 1.165) is 16.3 Å². The van der Waals surface area contributed by atoms with E-state index < -0.39 is 0 Å². The second-order valence-electron chi connectivity index (χ2n) is 3.19. The van der Waals surface area contributed by atoms with Gasteiger partial charge in [-0.1, -0.05) is 29.7 Å². The Morgan fingerprint density at radius 1 is 1.43 bits per heavy atom. The first-order valence-electron chi connectivity index (χ1n) is 4.39. The van der Waals surface area contributed by atoms with E-state index in [1.807, 2.05) is 43.3 Å². The minimum atomic E-state index is 0.0487. The maximum Gasteiger partial charge on any atom is 0.297 e. The van der Waals surface area contributed by atoms with Gasteiger partial charge in [-0.3, -0.25) is 0 Å². The summed E-state index contributed by atoms with van der Waals surface area (Å²) >= 11 is 6.07. The lowest BCUT2D eigenvalue weighted by Gasteiger charge is -2.14. The zero-order chi connectivity index (χ0) is 10.6. The molecule has 74 valence electrons. The van der Waals surface area contributed by atoms with Crippen molar-refractivity contribution in [3.63, 3.8) is 0 Å². The summed E-state index contributed by atoms with van der Waals surface area (Å²) in [7, 11) is 3.95. The molecule has 1 N–H and O–H groups in total. The quantitative estimate of drug-likeness (QED) is 0.767. The topological polar surface area (TPSA) is 23.5 Å². The monoisotopic (exact) mass is 209 g/mol. The first kappa shape index (κ1) is 11.2. The fourth-order valence-electron chi connectivity index (χ4n) is 1.18. The van der Waals surface area contributed by atoms with Crippen LogP contribution < -0.4 is 4.90 Å². The van der Waals surface area contributed by atoms with Gasteiger partial charge in [0.15, 0.2) is 0 Å². The number of nitrogens with zero attached hydrogens (tertiary/aromatic N) is 1. The van der Waals surface area contributed by atoms with Gasteiger partial charge in [0.05, 0.1) is 10.7 Å². The zero-order valence-corrected chi connectivity index (χ0v) is 9.12. The van der Waals surface area contributed by atoms with Crippen molar-refractivity contribution in [3.8, 4) is 0 Å². The van der Waals surface area contributed by atoms with Crippen LogP contribution in [0.1, 0.15) is 5.56 Å². The van der Waals surface area contributed by atoms with Gasteiger partial charge >= 0.3 is 0 Å². The van der Waals surface area contributed by atoms with Gasteiger partial charge in [0.1, 0.15) is 0 Å². The van der Waals surface area contributed by atoms with E-state index in [4.69, 9.17) is 16.6 Å². The van der Waals surface area contributed by atoms with E-state index in [2.05, 4.69) is 0 Å². The molecule has 0 amide bonds. The van der Waals surface area contributed by atoms with Crippen LogP contribution in [-0.2, 0) is 0 Å². The Labute approximate surface area is 90.1 Å². The third-order valence-corrected chi connectivity index (χ3v) is 2.17. The molecule has 0 unspecified atom stereocenters. The molecule has 0 fully saturated rings. The molecule has 0 aromatic heterocycles. The van der Waals surface area contributed by atoms with Crippen LogP contribution in [0.2, 0.25) is 5.02 Å². The van der Waals surface area contributed by atoms with E-state index in [9.17, 15) is 0 Å². The van der Waals surface area contributed by atoms with Crippen molar-refractivity contribution in [3.05, 3.63) is 34.8 Å². The van der Waals surface area contributed by atoms with Gasteiger partial charge in [0.25, 0.3) is 7.48 Å². The normalized spacial score (nSPS) is 10.6. The molecular formula is C10H13BClNO. The molecule has 14 heavy (non-hydrogen) atoms. The van der Waals surface area contributed by atoms with Crippen molar-refractivity contribution in [1.29, 1.82) is 0 Å². The minimum absolute atomic E-state index is 0.0487. The lowest BCUT2D eigenvalue weighted by atomic mass is 10.0. The number of rotatable bonds is 3. The summed E-state index contributed by atoms with van der Waals surface area (Å²) in [5.41, 5.74) is 1.99. The van der Waals surface area contributed by atoms with Crippen LogP contribution in [0.4, 0.5) is 5.69 Å². The number of halogens is 1. The van der Waals surface area contributed by atoms with Crippen molar-refractivity contribution in [2.75, 3.05) is 19.0 Å². The van der Waals surface area contributed by atoms with Crippen LogP contribution in [0, 0.1) is 0 Å². The molecule has 1 aromatic carbocycles. The van der Waals surface area contributed by atoms with Crippen molar-refractivity contribution in [1.82, 2.24) is 0 Å². The molecule has 4 heteroatoms. The van der Waals surface area contributed by atoms with Crippen molar-refractivity contribution < 1.29 is 5.02 Å². The van der Waals surface area contributed by atoms with Crippen LogP contribution in [0.3, 0.4) is 0 Å². The van der Waals surface area contributed by atoms with Gasteiger partial charge in [0.2, 0.25) is 0 Å². The molecule has 0 saturated heterocycles. The Morgan fingerprint density at radius 3 is 2.64 bits per heavy atom. The molecule has 0 aliphatic carbocycles. The summed E-state index contributed by atoms with van der Waals surface area (Å²) in [6.45, 7) is 0. The van der Waals surface area contributed by atoms with E-state index in [0.29, 0.717) is 0 Å². The number of anilines is 1. The maximum absolute atomic E-state index is 8.61. The molecular weight excluding hydrogens is 196 g/mol. The van der Waals surface area contributed by atoms with E-state index >= 15 is 0 Å². The molecule has 1 rings (SSSR count). The Bertz CT molecular complexity index is 339. The average Bonchev–Trinajstić information content (AvgIpc) is 2.14. The van der Waals surface area contributed by atoms with Crippen LogP contribution >= 0.6 is 11.6 Å². The SMILES string of the molecule is CN(C)c1ccc(C=CBO)cc1Cl. The largest absolute Gasteiger partial charge is 0.450 e. The van der Waals surface area contributed by atoms with Gasteiger partial charge in [-0.25, -0.2) is 0 Å². The molecule has 0 radical (unpaired) electrons. The average molecular weight is 209 g/mol. The number of hydrogen-bond acceptors (Lipinski definition) is 2. The van der Waals surface area contributed by atoms with Crippen LogP contribution in [0.25, 0.3) is 6.08 Å². The predicted molar refractivity (Wildman–Crippen MR) is 64.2 cm³/mol. The lowest BCUT2D eigenvalue weighted by Crippen LogP contribution is -2.08. The molecule has 0 spiro atoms. The highest BCUT2D eigenvalue weighted by Crippen LogP contribution is 2.25. The fourth-order valence-corrected chi connectivity index (χ4v) is 1.54. The number of benzene rings is 1. The summed E-state index contributed by atoms with van der Waals surface area (Å²) < 4.78 is 0. The molecule has 0 heterocycles. The minimum Gasteiger partial charge on any atom is -0.450 e. The zero-order valence-electron chi connectivity index (χ0n) is 8.37. The van der Waals surface area contributed by atoms with Crippen molar-refractivity contribution in [2.45, 2.75) is 0 Å². The summed E-state index contributed by atoms with van der Waals surface area (Å²) in [5.74, 6) is 1.68. The Morgan fingerprint density at radius 2 is 2.14 bits per heavy atom. The van der Waals surface area contributed by atoms with E-state index in [-0.39, 0.29) is 7.48 Å². The summed E-state index contributed by atoms with van der Waals surface area (Å²) in [6.07, 6.45) is 1.84. The van der Waals surface area contributed by atoms with Gasteiger partial charge in [-0.15, -0.1) is 0 Å². The van der Waals surface area contributed by atoms with Crippen LogP contribution in [0.5, 0.6) is 0 Å². The third kappa shape index (κ3) is 2.79. The summed E-state index contributed by atoms with van der Waals surface area (Å²) in [4.78, 5) is 1.96. The summed E-state index contributed by atoms with van der Waals surface area (Å²) in [5, 5.41) is 9.33. The first-order chi connectivity index (χ1) is 6.65. The second kappa shape index (κ2) is 5.08. The Balaban J connectivity index is 2.94. The maximum atomic E-state index is 8.61. The molecule has 0 bridgehead atoms. The highest BCUT2D eigenvalue weighted by atomic mass is 35.5. The van der Waals surface area contributed by atoms with E-state index in [1.165, 1.54) is 0 Å². The second-order valence-corrected chi connectivity index (χ2v) is 3.60. The Kier molecular flexibility index (Phi) is 4.05. The summed E-state index contributed by atoms with van der Waals surface area (Å²) in [6, 6.07) is 5.80. The molecule has 0 saturated carbocycles. The molecule has 0 atom stereocenters. The smallest absolute Gasteiger partial charge is 0.297 e. The number of hydrogen-bond donors (Lipinski definition) is 1. The van der Waals surface area contributed by atoms with Crippen LogP contribution in [0.15, 0.2) is 24.2 Å². The fraction of sp³-hybridized carbons (Fsp3) is 0.200. The van der Waals surface area contributed by atoms with Gasteiger partial charge < -0.3 is 9.92 Å². The van der Waals surface area contributed by atoms with Gasteiger partial charge in [-0.2, -0.15) is 0 Å². The first-order valence-corrected chi connectivity index (χ1v) is 4.77. The predicted octanol–water partition coefficient (Wildman–Crippen LogP) is 1.72. The van der Waals surface area contributed by atoms with E-state index in [1.54, 1.807) is 5.98 Å². The van der Waals surface area contributed by atoms with Gasteiger partial charge in [-0.05, 0) is 17.7 Å². The van der Waals surface area contributed by atoms with Gasteiger partial charge in [0, 0.05) is 14.1 Å². The lowest BCUT2D eigenvalue weighted by molar-refractivity contribution is 0.615. The Hall–Kier alpha value is -0.925. The van der Waals surface area contributed by atoms with Crippen LogP contribution in [-0.4, -0.2) is 26.6 Å². The standard InChI is InChI=1S/C10H13BClNO/c1-13(2)10-4-3-8(5-6-11-14)7-9(10)12/h3-7,11,14H,1-2H3. The molecule has 0 aliphatic rings. The van der Waals surface area contributed by atoms with Crippen molar-refractivity contribution in [2.24, 2.45) is 0 Å². The molecule has 2 nitrogen and oxygen atoms in total. The molecule has 1 aromatic rings. The highest BCUT2D eigenvalue weighted by molar-refractivity contribution is 6.34. The molecule has 0 aliphatic heterocycles.